The van der Waals surface area contributed by atoms with Crippen LogP contribution in [0.2, 0.25) is 5.15 Å². The van der Waals surface area contributed by atoms with Gasteiger partial charge in [0.15, 0.2) is 28.1 Å². The van der Waals surface area contributed by atoms with Crippen molar-refractivity contribution in [3.05, 3.63) is 166 Å². The third-order valence-electron chi connectivity index (χ3n) is 11.8. The van der Waals surface area contributed by atoms with Crippen LogP contribution >= 0.6 is 11.6 Å². The Morgan fingerprint density at radius 3 is 1.56 bits per heavy atom. The average molecular weight is 981 g/mol. The van der Waals surface area contributed by atoms with Gasteiger partial charge in [0.25, 0.3) is 11.1 Å². The lowest BCUT2D eigenvalue weighted by Crippen LogP contribution is -2.41. The molecule has 9 heterocycles. The molecule has 0 aromatic carbocycles. The Kier molecular flexibility index (Phi) is 14.2. The third kappa shape index (κ3) is 9.68. The average Bonchev–Trinajstić information content (AvgIpc) is 3.51. The minimum Gasteiger partial charge on any atom is -0.399 e. The molecule has 22 heteroatoms. The van der Waals surface area contributed by atoms with Gasteiger partial charge in [0.1, 0.15) is 5.69 Å². The van der Waals surface area contributed by atoms with Crippen LogP contribution in [-0.4, -0.2) is 67.3 Å². The zero-order chi connectivity index (χ0) is 51.1. The minimum absolute atomic E-state index is 0.00634. The molecule has 70 heavy (non-hydrogen) atoms. The maximum atomic E-state index is 14.8. The van der Waals surface area contributed by atoms with Crippen molar-refractivity contribution in [2.75, 3.05) is 0 Å². The number of fused-ring (bicyclic) bond motifs is 2. The van der Waals surface area contributed by atoms with E-state index in [1.165, 1.54) is 33.7 Å². The van der Waals surface area contributed by atoms with Crippen LogP contribution in [0.5, 0.6) is 0 Å². The lowest BCUT2D eigenvalue weighted by atomic mass is 9.80. The summed E-state index contributed by atoms with van der Waals surface area (Å²) in [6.45, 7) is 19.0. The van der Waals surface area contributed by atoms with Crippen LogP contribution < -0.4 is 28.0 Å². The van der Waals surface area contributed by atoms with Gasteiger partial charge in [-0.15, -0.1) is 0 Å². The molecule has 0 amide bonds. The first kappa shape index (κ1) is 50.6. The molecule has 9 rings (SSSR count). The number of H-pyrrole nitrogens is 2. The molecule has 0 saturated carbocycles. The predicted molar refractivity (Wildman–Crippen MR) is 257 cm³/mol. The van der Waals surface area contributed by atoms with Crippen molar-refractivity contribution in [2.24, 2.45) is 0 Å². The number of nitrogens with one attached hydrogen (secondary N) is 2. The summed E-state index contributed by atoms with van der Waals surface area (Å²) in [6, 6.07) is 11.4. The fourth-order valence-electron chi connectivity index (χ4n) is 7.53. The molecule has 0 unspecified atom stereocenters. The Morgan fingerprint density at radius 1 is 0.629 bits per heavy atom. The number of aromatic amines is 2. The van der Waals surface area contributed by atoms with E-state index in [0.717, 1.165) is 17.7 Å². The number of aromatic nitrogens is 10. The van der Waals surface area contributed by atoms with E-state index in [1.807, 2.05) is 62.3 Å². The molecule has 0 atom stereocenters. The van der Waals surface area contributed by atoms with Crippen molar-refractivity contribution >= 4 is 46.2 Å². The van der Waals surface area contributed by atoms with E-state index in [1.54, 1.807) is 43.6 Å². The van der Waals surface area contributed by atoms with E-state index in [-0.39, 0.29) is 45.2 Å². The van der Waals surface area contributed by atoms with Crippen LogP contribution in [0.1, 0.15) is 89.7 Å². The summed E-state index contributed by atoms with van der Waals surface area (Å²) in [7, 11) is -0.682. The fraction of sp³-hybridized carbons (Fsp3) is 0.292. The molecule has 1 fully saturated rings. The van der Waals surface area contributed by atoms with Gasteiger partial charge in [-0.3, -0.25) is 29.5 Å². The standard InChI is InChI=1S/C21H17F2N5O2.C16H14ClFN4O2.C11H15BFNO2/c1-10(2)15-17(11(3)6-8-24-15)28-19-13(20(29)27-21(28)30)9-14(22)16(26-19)12-5-4-7-25-18(12)23;1-7(2)11-12(8(3)4-5-19-11)22-14-9(15(23)21-16(22)24)6-10(18)13(17)20-14;1-10(2)11(3,4)16-12(15-10)8-6-5-7-14-9(8)13/h4-10H,1-3H3,(H,27,29,30);4-7H,1-3H3,(H,21,23,24);5-7H,1-4H3. The third-order valence-corrected chi connectivity index (χ3v) is 12.1. The van der Waals surface area contributed by atoms with Crippen LogP contribution in [0.25, 0.3) is 44.7 Å². The second-order valence-electron chi connectivity index (χ2n) is 17.9. The molecule has 2 N–H and O–H groups in total. The highest BCUT2D eigenvalue weighted by Gasteiger charge is 2.52. The predicted octanol–water partition coefficient (Wildman–Crippen LogP) is 7.45. The molecule has 0 radical (unpaired) electrons. The van der Waals surface area contributed by atoms with Gasteiger partial charge in [-0.25, -0.2) is 47.4 Å². The molecule has 362 valence electrons. The Hall–Kier alpha value is -7.23. The number of hydrogen-bond acceptors (Lipinski definition) is 12. The molecule has 0 spiro atoms. The van der Waals surface area contributed by atoms with Crippen molar-refractivity contribution in [3.8, 4) is 22.6 Å². The van der Waals surface area contributed by atoms with Crippen LogP contribution in [-0.2, 0) is 9.31 Å². The summed E-state index contributed by atoms with van der Waals surface area (Å²) >= 11 is 5.76. The van der Waals surface area contributed by atoms with E-state index in [4.69, 9.17) is 20.9 Å². The minimum atomic E-state index is -0.914. The second-order valence-corrected chi connectivity index (χ2v) is 18.2. The van der Waals surface area contributed by atoms with E-state index in [0.29, 0.717) is 33.8 Å². The Bertz CT molecular complexity index is 3570. The van der Waals surface area contributed by atoms with Gasteiger partial charge < -0.3 is 9.31 Å². The highest BCUT2D eigenvalue weighted by molar-refractivity contribution is 6.62. The first-order valence-electron chi connectivity index (χ1n) is 21.8. The molecule has 1 saturated heterocycles. The molecule has 0 bridgehead atoms. The monoisotopic (exact) mass is 980 g/mol. The first-order chi connectivity index (χ1) is 32.9. The maximum Gasteiger partial charge on any atom is 0.499 e. The highest BCUT2D eigenvalue weighted by Crippen LogP contribution is 2.37. The van der Waals surface area contributed by atoms with Crippen molar-refractivity contribution in [3.63, 3.8) is 0 Å². The summed E-state index contributed by atoms with van der Waals surface area (Å²) in [4.78, 5) is 78.1. The quantitative estimate of drug-likeness (QED) is 0.0947. The number of pyridine rings is 6. The van der Waals surface area contributed by atoms with Crippen LogP contribution in [0.3, 0.4) is 0 Å². The normalized spacial score (nSPS) is 13.9. The fourth-order valence-corrected chi connectivity index (χ4v) is 7.66. The smallest absolute Gasteiger partial charge is 0.399 e. The van der Waals surface area contributed by atoms with Gasteiger partial charge in [0, 0.05) is 30.3 Å². The van der Waals surface area contributed by atoms with Crippen LogP contribution in [0.4, 0.5) is 17.6 Å². The topological polar surface area (TPSA) is 206 Å². The summed E-state index contributed by atoms with van der Waals surface area (Å²) in [5, 5.41) is -0.610. The Morgan fingerprint density at radius 2 is 1.09 bits per heavy atom. The van der Waals surface area contributed by atoms with Crippen LogP contribution in [0.15, 0.2) is 92.5 Å². The highest BCUT2D eigenvalue weighted by atomic mass is 35.5. The lowest BCUT2D eigenvalue weighted by Gasteiger charge is -2.32. The van der Waals surface area contributed by atoms with Gasteiger partial charge in [-0.1, -0.05) is 45.4 Å². The van der Waals surface area contributed by atoms with Gasteiger partial charge in [-0.05, 0) is 107 Å². The summed E-state index contributed by atoms with van der Waals surface area (Å²) in [5.41, 5.74) is -0.440. The van der Waals surface area contributed by atoms with Crippen molar-refractivity contribution in [2.45, 2.75) is 92.3 Å². The van der Waals surface area contributed by atoms with E-state index in [2.05, 4.69) is 39.9 Å². The summed E-state index contributed by atoms with van der Waals surface area (Å²) in [5.74, 6) is -3.22. The number of hydrogen-bond donors (Lipinski definition) is 2. The second kappa shape index (κ2) is 19.6. The van der Waals surface area contributed by atoms with Gasteiger partial charge >= 0.3 is 18.5 Å². The van der Waals surface area contributed by atoms with E-state index in [9.17, 15) is 36.7 Å². The van der Waals surface area contributed by atoms with Crippen LogP contribution in [0, 0.1) is 37.4 Å². The molecule has 16 nitrogen and oxygen atoms in total. The maximum absolute atomic E-state index is 14.8. The Balaban J connectivity index is 0.000000162. The number of rotatable bonds is 6. The van der Waals surface area contributed by atoms with Crippen molar-refractivity contribution in [1.29, 1.82) is 0 Å². The molecule has 0 aliphatic carbocycles. The van der Waals surface area contributed by atoms with E-state index < -0.39 is 69.5 Å². The molecular formula is C48H46BClF4N10O6. The number of nitrogens with zero attached hydrogens (tertiary/aromatic N) is 8. The zero-order valence-corrected chi connectivity index (χ0v) is 40.3. The Labute approximate surface area is 402 Å². The summed E-state index contributed by atoms with van der Waals surface area (Å²) < 4.78 is 70.0. The first-order valence-corrected chi connectivity index (χ1v) is 22.2. The van der Waals surface area contributed by atoms with Gasteiger partial charge in [0.05, 0.1) is 50.3 Å². The number of aryl methyl sites for hydroxylation is 2. The summed E-state index contributed by atoms with van der Waals surface area (Å²) in [6.07, 6.45) is 5.90. The molecule has 8 aromatic heterocycles. The zero-order valence-electron chi connectivity index (χ0n) is 39.6. The molecular weight excluding hydrogens is 935 g/mol. The van der Waals surface area contributed by atoms with Crippen molar-refractivity contribution in [1.82, 2.24) is 49.0 Å². The number of halogens is 5. The molecule has 1 aliphatic rings. The molecule has 1 aliphatic heterocycles. The van der Waals surface area contributed by atoms with Crippen molar-refractivity contribution < 1.29 is 26.9 Å². The van der Waals surface area contributed by atoms with Gasteiger partial charge in [-0.2, -0.15) is 8.78 Å². The van der Waals surface area contributed by atoms with E-state index >= 15 is 0 Å². The van der Waals surface area contributed by atoms with Gasteiger partial charge in [0.2, 0.25) is 11.9 Å². The largest absolute Gasteiger partial charge is 0.499 e. The lowest BCUT2D eigenvalue weighted by molar-refractivity contribution is 0.00578. The SMILES string of the molecule is CC1(C)OB(c2cccnc2F)OC1(C)C.Cc1ccnc(C(C)C)c1-n1c(=O)[nH]c(=O)c2cc(F)c(-c3cccnc3F)nc21.Cc1ccnc(C(C)C)c1-n1c(=O)[nH]c(=O)c2cc(F)c(Cl)nc21. The molecule has 8 aromatic rings.